The Labute approximate surface area is 94.3 Å². The van der Waals surface area contributed by atoms with E-state index in [2.05, 4.69) is 0 Å². The number of para-hydroxylation sites is 1. The molecule has 1 atom stereocenters. The molecule has 0 bridgehead atoms. The first-order valence-electron chi connectivity index (χ1n) is 5.30. The highest BCUT2D eigenvalue weighted by molar-refractivity contribution is 5.91. The van der Waals surface area contributed by atoms with Crippen LogP contribution in [0, 0.1) is 6.92 Å². The van der Waals surface area contributed by atoms with E-state index in [1.807, 2.05) is 42.8 Å². The number of carboxylic acid groups (broad SMARTS) is 1. The Balaban J connectivity index is 2.78. The standard InChI is InChI=1S/C13H15NO2/c1-8(13(15)16)12-9(2)14(3)11-7-5-4-6-10(11)12/h4-8H,1-3H3,(H,15,16)/t8-/m1/s1. The van der Waals surface area contributed by atoms with Gasteiger partial charge in [0.25, 0.3) is 0 Å². The highest BCUT2D eigenvalue weighted by Gasteiger charge is 2.21. The molecule has 1 heterocycles. The average molecular weight is 217 g/mol. The van der Waals surface area contributed by atoms with Crippen molar-refractivity contribution in [2.75, 3.05) is 0 Å². The van der Waals surface area contributed by atoms with Crippen LogP contribution in [0.25, 0.3) is 10.9 Å². The fraction of sp³-hybridized carbons (Fsp3) is 0.308. The molecule has 0 spiro atoms. The summed E-state index contributed by atoms with van der Waals surface area (Å²) in [5.74, 6) is -1.24. The number of rotatable bonds is 2. The molecule has 0 unspecified atom stereocenters. The van der Waals surface area contributed by atoms with Crippen molar-refractivity contribution in [2.45, 2.75) is 19.8 Å². The van der Waals surface area contributed by atoms with Gasteiger partial charge in [-0.25, -0.2) is 0 Å². The molecule has 0 aliphatic carbocycles. The van der Waals surface area contributed by atoms with Crippen LogP contribution in [-0.4, -0.2) is 15.6 Å². The smallest absolute Gasteiger partial charge is 0.310 e. The van der Waals surface area contributed by atoms with Gasteiger partial charge in [-0.1, -0.05) is 18.2 Å². The zero-order valence-electron chi connectivity index (χ0n) is 9.69. The lowest BCUT2D eigenvalue weighted by molar-refractivity contribution is -0.138. The van der Waals surface area contributed by atoms with E-state index in [4.69, 9.17) is 5.11 Å². The van der Waals surface area contributed by atoms with Crippen LogP contribution < -0.4 is 0 Å². The third-order valence-electron chi connectivity index (χ3n) is 3.25. The van der Waals surface area contributed by atoms with Crippen LogP contribution in [0.15, 0.2) is 24.3 Å². The molecule has 2 rings (SSSR count). The van der Waals surface area contributed by atoms with Crippen LogP contribution in [0.3, 0.4) is 0 Å². The van der Waals surface area contributed by atoms with Crippen molar-refractivity contribution in [3.8, 4) is 0 Å². The third-order valence-corrected chi connectivity index (χ3v) is 3.25. The maximum atomic E-state index is 11.1. The minimum Gasteiger partial charge on any atom is -0.481 e. The van der Waals surface area contributed by atoms with Crippen LogP contribution in [-0.2, 0) is 11.8 Å². The Kier molecular flexibility index (Phi) is 2.46. The Morgan fingerprint density at radius 1 is 1.38 bits per heavy atom. The zero-order valence-corrected chi connectivity index (χ0v) is 9.69. The average Bonchev–Trinajstić information content (AvgIpc) is 2.52. The quantitative estimate of drug-likeness (QED) is 0.840. The SMILES string of the molecule is Cc1c([C@@H](C)C(=O)O)c2ccccc2n1C. The molecule has 3 heteroatoms. The van der Waals surface area contributed by atoms with E-state index in [0.29, 0.717) is 0 Å². The molecule has 0 radical (unpaired) electrons. The Morgan fingerprint density at radius 3 is 2.62 bits per heavy atom. The number of nitrogens with zero attached hydrogens (tertiary/aromatic N) is 1. The number of aromatic nitrogens is 1. The maximum Gasteiger partial charge on any atom is 0.310 e. The number of hydrogen-bond donors (Lipinski definition) is 1. The molecule has 1 aromatic heterocycles. The molecular weight excluding hydrogens is 202 g/mol. The zero-order chi connectivity index (χ0) is 11.9. The molecule has 16 heavy (non-hydrogen) atoms. The molecule has 0 saturated heterocycles. The van der Waals surface area contributed by atoms with Gasteiger partial charge >= 0.3 is 5.97 Å². The molecular formula is C13H15NO2. The summed E-state index contributed by atoms with van der Waals surface area (Å²) < 4.78 is 2.05. The van der Waals surface area contributed by atoms with Crippen LogP contribution in [0.5, 0.6) is 0 Å². The molecule has 1 aromatic carbocycles. The summed E-state index contributed by atoms with van der Waals surface area (Å²) in [6.07, 6.45) is 0. The molecule has 0 aliphatic heterocycles. The summed E-state index contributed by atoms with van der Waals surface area (Å²) in [4.78, 5) is 11.1. The number of carbonyl (C=O) groups is 1. The lowest BCUT2D eigenvalue weighted by Gasteiger charge is -2.07. The van der Waals surface area contributed by atoms with E-state index in [1.165, 1.54) is 0 Å². The van der Waals surface area contributed by atoms with Crippen molar-refractivity contribution in [1.29, 1.82) is 0 Å². The van der Waals surface area contributed by atoms with Gasteiger partial charge in [0.15, 0.2) is 0 Å². The Hall–Kier alpha value is -1.77. The van der Waals surface area contributed by atoms with Gasteiger partial charge in [0.2, 0.25) is 0 Å². The molecule has 1 N–H and O–H groups in total. The molecule has 3 nitrogen and oxygen atoms in total. The first-order valence-corrected chi connectivity index (χ1v) is 5.30. The number of aliphatic carboxylic acids is 1. The van der Waals surface area contributed by atoms with Crippen molar-refractivity contribution in [3.05, 3.63) is 35.5 Å². The topological polar surface area (TPSA) is 42.2 Å². The largest absolute Gasteiger partial charge is 0.481 e. The number of benzene rings is 1. The van der Waals surface area contributed by atoms with Gasteiger partial charge in [-0.15, -0.1) is 0 Å². The lowest BCUT2D eigenvalue weighted by Crippen LogP contribution is -2.08. The van der Waals surface area contributed by atoms with Crippen molar-refractivity contribution >= 4 is 16.9 Å². The van der Waals surface area contributed by atoms with Gasteiger partial charge in [-0.05, 0) is 25.5 Å². The van der Waals surface area contributed by atoms with Gasteiger partial charge < -0.3 is 9.67 Å². The van der Waals surface area contributed by atoms with Crippen LogP contribution in [0.1, 0.15) is 24.1 Å². The Morgan fingerprint density at radius 2 is 2.00 bits per heavy atom. The van der Waals surface area contributed by atoms with Crippen molar-refractivity contribution in [2.24, 2.45) is 7.05 Å². The van der Waals surface area contributed by atoms with Crippen LogP contribution in [0.2, 0.25) is 0 Å². The summed E-state index contributed by atoms with van der Waals surface area (Å²) in [5, 5.41) is 10.2. The van der Waals surface area contributed by atoms with Gasteiger partial charge in [0.05, 0.1) is 5.92 Å². The van der Waals surface area contributed by atoms with Gasteiger partial charge in [-0.3, -0.25) is 4.79 Å². The normalized spacial score (nSPS) is 12.9. The van der Waals surface area contributed by atoms with Crippen LogP contribution >= 0.6 is 0 Å². The summed E-state index contributed by atoms with van der Waals surface area (Å²) in [5.41, 5.74) is 3.03. The van der Waals surface area contributed by atoms with Crippen molar-refractivity contribution < 1.29 is 9.90 Å². The van der Waals surface area contributed by atoms with Crippen molar-refractivity contribution in [3.63, 3.8) is 0 Å². The van der Waals surface area contributed by atoms with Gasteiger partial charge in [-0.2, -0.15) is 0 Å². The first-order chi connectivity index (χ1) is 7.54. The summed E-state index contributed by atoms with van der Waals surface area (Å²) in [7, 11) is 1.97. The molecule has 84 valence electrons. The van der Waals surface area contributed by atoms with E-state index in [9.17, 15) is 4.79 Å². The Bertz CT molecular complexity index is 554. The highest BCUT2D eigenvalue weighted by atomic mass is 16.4. The predicted molar refractivity (Wildman–Crippen MR) is 63.7 cm³/mol. The summed E-state index contributed by atoms with van der Waals surface area (Å²) in [6, 6.07) is 7.91. The molecule has 2 aromatic rings. The van der Waals surface area contributed by atoms with E-state index < -0.39 is 11.9 Å². The summed E-state index contributed by atoms with van der Waals surface area (Å²) in [6.45, 7) is 3.70. The predicted octanol–water partition coefficient (Wildman–Crippen LogP) is 2.67. The number of fused-ring (bicyclic) bond motifs is 1. The molecule has 0 saturated carbocycles. The second-order valence-electron chi connectivity index (χ2n) is 4.14. The van der Waals surface area contributed by atoms with Crippen molar-refractivity contribution in [1.82, 2.24) is 4.57 Å². The third kappa shape index (κ3) is 1.40. The van der Waals surface area contributed by atoms with E-state index in [-0.39, 0.29) is 0 Å². The number of aryl methyl sites for hydroxylation is 1. The van der Waals surface area contributed by atoms with Gasteiger partial charge in [0, 0.05) is 23.6 Å². The maximum absolute atomic E-state index is 11.1. The molecule has 0 amide bonds. The van der Waals surface area contributed by atoms with E-state index in [1.54, 1.807) is 6.92 Å². The van der Waals surface area contributed by atoms with Gasteiger partial charge in [0.1, 0.15) is 0 Å². The number of carboxylic acids is 1. The first kappa shape index (κ1) is 10.7. The second-order valence-corrected chi connectivity index (χ2v) is 4.14. The fourth-order valence-corrected chi connectivity index (χ4v) is 2.22. The molecule has 0 fully saturated rings. The van der Waals surface area contributed by atoms with Crippen LogP contribution in [0.4, 0.5) is 0 Å². The fourth-order valence-electron chi connectivity index (χ4n) is 2.22. The van der Waals surface area contributed by atoms with E-state index in [0.717, 1.165) is 22.2 Å². The highest BCUT2D eigenvalue weighted by Crippen LogP contribution is 2.30. The second kappa shape index (κ2) is 3.67. The van der Waals surface area contributed by atoms with E-state index >= 15 is 0 Å². The molecule has 0 aliphatic rings. The number of hydrogen-bond acceptors (Lipinski definition) is 1. The lowest BCUT2D eigenvalue weighted by atomic mass is 9.98. The summed E-state index contributed by atoms with van der Waals surface area (Å²) >= 11 is 0. The minimum absolute atomic E-state index is 0.467. The monoisotopic (exact) mass is 217 g/mol. The minimum atomic E-state index is -0.778.